The maximum atomic E-state index is 12.0. The Kier molecular flexibility index (Phi) is 6.87. The van der Waals surface area contributed by atoms with Crippen LogP contribution in [-0.2, 0) is 27.2 Å². The maximum absolute atomic E-state index is 12.0. The van der Waals surface area contributed by atoms with Crippen molar-refractivity contribution in [1.29, 1.82) is 0 Å². The second-order valence-electron chi connectivity index (χ2n) is 7.22. The van der Waals surface area contributed by atoms with E-state index in [9.17, 15) is 9.59 Å². The molecule has 150 valence electrons. The predicted octanol–water partition coefficient (Wildman–Crippen LogP) is 3.80. The van der Waals surface area contributed by atoms with Gasteiger partial charge in [0.05, 0.1) is 13.5 Å². The van der Waals surface area contributed by atoms with Crippen molar-refractivity contribution in [2.45, 2.75) is 39.3 Å². The SMILES string of the molecule is COC(=O)Cc1ccc(Oc2ccc(N)cc2)c(CNC(=O)OC(C)(C)C)c1. The van der Waals surface area contributed by atoms with E-state index in [1.807, 2.05) is 0 Å². The number of esters is 1. The van der Waals surface area contributed by atoms with Crippen LogP contribution >= 0.6 is 0 Å². The van der Waals surface area contributed by atoms with Gasteiger partial charge in [0.25, 0.3) is 0 Å². The quantitative estimate of drug-likeness (QED) is 0.579. The van der Waals surface area contributed by atoms with E-state index in [4.69, 9.17) is 19.9 Å². The molecule has 0 saturated heterocycles. The van der Waals surface area contributed by atoms with Crippen molar-refractivity contribution in [1.82, 2.24) is 5.32 Å². The van der Waals surface area contributed by atoms with Crippen LogP contribution in [0.25, 0.3) is 0 Å². The second kappa shape index (κ2) is 9.12. The molecule has 0 aliphatic heterocycles. The molecule has 0 radical (unpaired) electrons. The summed E-state index contributed by atoms with van der Waals surface area (Å²) in [6, 6.07) is 12.3. The Balaban J connectivity index is 2.20. The first-order chi connectivity index (χ1) is 13.2. The molecule has 7 nitrogen and oxygen atoms in total. The summed E-state index contributed by atoms with van der Waals surface area (Å²) in [5.41, 5.74) is 7.18. The first-order valence-corrected chi connectivity index (χ1v) is 8.85. The number of nitrogen functional groups attached to an aromatic ring is 1. The van der Waals surface area contributed by atoms with Gasteiger partial charge in [0.1, 0.15) is 17.1 Å². The summed E-state index contributed by atoms with van der Waals surface area (Å²) in [4.78, 5) is 23.6. The number of carbonyl (C=O) groups is 2. The van der Waals surface area contributed by atoms with Crippen molar-refractivity contribution in [3.05, 3.63) is 53.6 Å². The largest absolute Gasteiger partial charge is 0.469 e. The number of rotatable bonds is 6. The topological polar surface area (TPSA) is 99.9 Å². The van der Waals surface area contributed by atoms with E-state index < -0.39 is 11.7 Å². The van der Waals surface area contributed by atoms with Gasteiger partial charge in [-0.2, -0.15) is 0 Å². The number of anilines is 1. The third-order valence-electron chi connectivity index (χ3n) is 3.63. The van der Waals surface area contributed by atoms with Crippen molar-refractivity contribution in [3.63, 3.8) is 0 Å². The molecule has 7 heteroatoms. The molecule has 2 aromatic rings. The van der Waals surface area contributed by atoms with Crippen molar-refractivity contribution in [3.8, 4) is 11.5 Å². The summed E-state index contributed by atoms with van der Waals surface area (Å²) in [6.45, 7) is 5.55. The van der Waals surface area contributed by atoms with Gasteiger partial charge in [-0.3, -0.25) is 4.79 Å². The van der Waals surface area contributed by atoms with Gasteiger partial charge in [-0.05, 0) is 62.7 Å². The number of methoxy groups -OCH3 is 1. The van der Waals surface area contributed by atoms with Crippen LogP contribution in [0.1, 0.15) is 31.9 Å². The van der Waals surface area contributed by atoms with E-state index in [0.717, 1.165) is 5.56 Å². The van der Waals surface area contributed by atoms with Crippen LogP contribution < -0.4 is 15.8 Å². The number of alkyl carbamates (subject to hydrolysis) is 1. The molecule has 0 fully saturated rings. The van der Waals surface area contributed by atoms with Gasteiger partial charge in [0.2, 0.25) is 0 Å². The van der Waals surface area contributed by atoms with E-state index in [0.29, 0.717) is 22.7 Å². The Morgan fingerprint density at radius 1 is 1.07 bits per heavy atom. The zero-order valence-corrected chi connectivity index (χ0v) is 16.6. The molecule has 3 N–H and O–H groups in total. The molecule has 0 unspecified atom stereocenters. The van der Waals surface area contributed by atoms with Crippen LogP contribution in [0.15, 0.2) is 42.5 Å². The van der Waals surface area contributed by atoms with Gasteiger partial charge < -0.3 is 25.3 Å². The summed E-state index contributed by atoms with van der Waals surface area (Å²) in [6.07, 6.45) is -0.415. The van der Waals surface area contributed by atoms with E-state index in [-0.39, 0.29) is 18.9 Å². The lowest BCUT2D eigenvalue weighted by atomic mass is 10.1. The normalized spacial score (nSPS) is 10.9. The predicted molar refractivity (Wildman–Crippen MR) is 106 cm³/mol. The molecule has 0 aliphatic carbocycles. The molecule has 28 heavy (non-hydrogen) atoms. The van der Waals surface area contributed by atoms with Gasteiger partial charge in [0.15, 0.2) is 0 Å². The highest BCUT2D eigenvalue weighted by molar-refractivity contribution is 5.72. The summed E-state index contributed by atoms with van der Waals surface area (Å²) >= 11 is 0. The Bertz CT molecular complexity index is 826. The number of amides is 1. The number of nitrogens with one attached hydrogen (secondary N) is 1. The molecule has 2 rings (SSSR count). The molecule has 0 aliphatic rings. The van der Waals surface area contributed by atoms with E-state index >= 15 is 0 Å². The number of hydrogen-bond acceptors (Lipinski definition) is 6. The first kappa shape index (κ1) is 21.1. The van der Waals surface area contributed by atoms with Crippen molar-refractivity contribution >= 4 is 17.7 Å². The van der Waals surface area contributed by atoms with Crippen LogP contribution in [-0.4, -0.2) is 24.8 Å². The maximum Gasteiger partial charge on any atom is 0.407 e. The fraction of sp³-hybridized carbons (Fsp3) is 0.333. The third-order valence-corrected chi connectivity index (χ3v) is 3.63. The number of ether oxygens (including phenoxy) is 3. The molecular formula is C21H26N2O5. The summed E-state index contributed by atoms with van der Waals surface area (Å²) in [5.74, 6) is 0.807. The molecule has 2 aromatic carbocycles. The first-order valence-electron chi connectivity index (χ1n) is 8.85. The Morgan fingerprint density at radius 2 is 1.75 bits per heavy atom. The smallest absolute Gasteiger partial charge is 0.407 e. The van der Waals surface area contributed by atoms with Gasteiger partial charge in [-0.25, -0.2) is 4.79 Å². The molecule has 0 saturated carbocycles. The minimum atomic E-state index is -0.597. The molecular weight excluding hydrogens is 360 g/mol. The summed E-state index contributed by atoms with van der Waals surface area (Å²) in [7, 11) is 1.34. The van der Waals surface area contributed by atoms with Crippen LogP contribution in [0.5, 0.6) is 11.5 Å². The lowest BCUT2D eigenvalue weighted by Crippen LogP contribution is -2.32. The number of hydrogen-bond donors (Lipinski definition) is 2. The number of nitrogens with two attached hydrogens (primary N) is 1. The summed E-state index contributed by atoms with van der Waals surface area (Å²) in [5, 5.41) is 2.71. The molecule has 1 amide bonds. The van der Waals surface area contributed by atoms with Crippen molar-refractivity contribution in [2.24, 2.45) is 0 Å². The highest BCUT2D eigenvalue weighted by Crippen LogP contribution is 2.27. The molecule has 0 spiro atoms. The molecule has 0 aromatic heterocycles. The fourth-order valence-corrected chi connectivity index (χ4v) is 2.36. The van der Waals surface area contributed by atoms with E-state index in [2.05, 4.69) is 5.32 Å². The minimum absolute atomic E-state index is 0.123. The third kappa shape index (κ3) is 6.83. The zero-order valence-electron chi connectivity index (χ0n) is 16.6. The van der Waals surface area contributed by atoms with Gasteiger partial charge >= 0.3 is 12.1 Å². The van der Waals surface area contributed by atoms with Gasteiger partial charge in [-0.1, -0.05) is 6.07 Å². The highest BCUT2D eigenvalue weighted by atomic mass is 16.6. The lowest BCUT2D eigenvalue weighted by Gasteiger charge is -2.20. The molecule has 0 atom stereocenters. The average Bonchev–Trinajstić information content (AvgIpc) is 2.62. The monoisotopic (exact) mass is 386 g/mol. The Morgan fingerprint density at radius 3 is 2.36 bits per heavy atom. The number of benzene rings is 2. The van der Waals surface area contributed by atoms with Gasteiger partial charge in [-0.15, -0.1) is 0 Å². The standard InChI is InChI=1S/C21H26N2O5/c1-21(2,3)28-20(25)23-13-15-11-14(12-19(24)26-4)5-10-18(15)27-17-8-6-16(22)7-9-17/h5-11H,12-13,22H2,1-4H3,(H,23,25). The molecule has 0 heterocycles. The molecule has 0 bridgehead atoms. The fourth-order valence-electron chi connectivity index (χ4n) is 2.36. The Labute approximate surface area is 164 Å². The van der Waals surface area contributed by atoms with Crippen LogP contribution in [0, 0.1) is 0 Å². The minimum Gasteiger partial charge on any atom is -0.469 e. The second-order valence-corrected chi connectivity index (χ2v) is 7.22. The van der Waals surface area contributed by atoms with Crippen LogP contribution in [0.3, 0.4) is 0 Å². The van der Waals surface area contributed by atoms with Crippen LogP contribution in [0.4, 0.5) is 10.5 Å². The van der Waals surface area contributed by atoms with Crippen molar-refractivity contribution < 1.29 is 23.8 Å². The van der Waals surface area contributed by atoms with E-state index in [1.54, 1.807) is 63.2 Å². The Hall–Kier alpha value is -3.22. The van der Waals surface area contributed by atoms with Gasteiger partial charge in [0, 0.05) is 17.8 Å². The van der Waals surface area contributed by atoms with E-state index in [1.165, 1.54) is 7.11 Å². The zero-order chi connectivity index (χ0) is 20.7. The van der Waals surface area contributed by atoms with Crippen LogP contribution in [0.2, 0.25) is 0 Å². The highest BCUT2D eigenvalue weighted by Gasteiger charge is 2.17. The number of carbonyl (C=O) groups excluding carboxylic acids is 2. The van der Waals surface area contributed by atoms with Crippen molar-refractivity contribution in [2.75, 3.05) is 12.8 Å². The summed E-state index contributed by atoms with van der Waals surface area (Å²) < 4.78 is 15.9. The average molecular weight is 386 g/mol. The lowest BCUT2D eigenvalue weighted by molar-refractivity contribution is -0.139.